The van der Waals surface area contributed by atoms with Crippen molar-refractivity contribution in [1.82, 2.24) is 10.2 Å². The van der Waals surface area contributed by atoms with Gasteiger partial charge in [0.2, 0.25) is 5.91 Å². The maximum absolute atomic E-state index is 13.3. The number of amides is 2. The number of rotatable bonds is 9. The minimum Gasteiger partial charge on any atom is -0.481 e. The second-order valence-electron chi connectivity index (χ2n) is 9.24. The van der Waals surface area contributed by atoms with Crippen LogP contribution in [0.4, 0.5) is 13.2 Å². The Balaban J connectivity index is 2.17. The van der Waals surface area contributed by atoms with Crippen molar-refractivity contribution in [3.63, 3.8) is 0 Å². The van der Waals surface area contributed by atoms with Crippen LogP contribution < -0.4 is 11.1 Å². The summed E-state index contributed by atoms with van der Waals surface area (Å²) in [6, 6.07) is 5.86. The van der Waals surface area contributed by atoms with Gasteiger partial charge in [-0.2, -0.15) is 13.2 Å². The predicted molar refractivity (Wildman–Crippen MR) is 119 cm³/mol. The van der Waals surface area contributed by atoms with Crippen molar-refractivity contribution < 1.29 is 32.7 Å². The lowest BCUT2D eigenvalue weighted by atomic mass is 9.81. The highest BCUT2D eigenvalue weighted by molar-refractivity contribution is 5.98. The number of carboxylic acid groups (broad SMARTS) is 1. The maximum Gasteiger partial charge on any atom is 0.389 e. The molecule has 1 unspecified atom stereocenters. The number of carbonyl (C=O) groups excluding carboxylic acids is 2. The third kappa shape index (κ3) is 7.74. The first-order valence-electron chi connectivity index (χ1n) is 11.0. The normalized spacial score (nSPS) is 16.1. The Labute approximate surface area is 196 Å². The molecule has 0 aromatic heterocycles. The Hall–Kier alpha value is -3.11. The van der Waals surface area contributed by atoms with Gasteiger partial charge in [-0.1, -0.05) is 12.1 Å². The minimum absolute atomic E-state index is 0.0104. The Morgan fingerprint density at radius 2 is 1.68 bits per heavy atom. The van der Waals surface area contributed by atoms with E-state index >= 15 is 0 Å². The Kier molecular flexibility index (Phi) is 8.68. The van der Waals surface area contributed by atoms with E-state index in [1.54, 1.807) is 0 Å². The lowest BCUT2D eigenvalue weighted by Gasteiger charge is -2.40. The SMILES string of the molecule is CC(C)(NC(=O)c1ccc(C(=N)N)cc1)C(CCC(F)(F)F)C(=O)N1CCC(CC(=O)O)CC1. The number of nitrogen functional groups attached to an aromatic ring is 1. The zero-order chi connectivity index (χ0) is 25.7. The van der Waals surface area contributed by atoms with E-state index in [0.29, 0.717) is 18.4 Å². The Morgan fingerprint density at radius 1 is 1.15 bits per heavy atom. The van der Waals surface area contributed by atoms with Crippen LogP contribution in [0.1, 0.15) is 61.9 Å². The van der Waals surface area contributed by atoms with Crippen molar-refractivity contribution in [2.45, 2.75) is 57.7 Å². The van der Waals surface area contributed by atoms with Gasteiger partial charge in [-0.15, -0.1) is 0 Å². The number of alkyl halides is 3. The largest absolute Gasteiger partial charge is 0.481 e. The molecule has 2 rings (SSSR count). The van der Waals surface area contributed by atoms with Crippen LogP contribution in [0, 0.1) is 17.2 Å². The molecule has 8 nitrogen and oxygen atoms in total. The molecule has 1 heterocycles. The molecular formula is C23H31F3N4O4. The predicted octanol–water partition coefficient (Wildman–Crippen LogP) is 3.15. The number of aliphatic carboxylic acids is 1. The van der Waals surface area contributed by atoms with Gasteiger partial charge in [0.1, 0.15) is 5.84 Å². The molecule has 1 aromatic carbocycles. The van der Waals surface area contributed by atoms with Crippen LogP contribution in [-0.2, 0) is 9.59 Å². The number of hydrogen-bond acceptors (Lipinski definition) is 4. The second kappa shape index (κ2) is 10.9. The highest BCUT2D eigenvalue weighted by atomic mass is 19.4. The molecule has 0 radical (unpaired) electrons. The van der Waals surface area contributed by atoms with Crippen molar-refractivity contribution in [1.29, 1.82) is 5.41 Å². The lowest BCUT2D eigenvalue weighted by Crippen LogP contribution is -2.56. The van der Waals surface area contributed by atoms with Gasteiger partial charge in [0.25, 0.3) is 5.91 Å². The van der Waals surface area contributed by atoms with Crippen LogP contribution in [0.5, 0.6) is 0 Å². The summed E-state index contributed by atoms with van der Waals surface area (Å²) < 4.78 is 39.1. The average molecular weight is 485 g/mol. The summed E-state index contributed by atoms with van der Waals surface area (Å²) in [7, 11) is 0. The van der Waals surface area contributed by atoms with Gasteiger partial charge in [0.15, 0.2) is 0 Å². The van der Waals surface area contributed by atoms with Crippen molar-refractivity contribution in [2.75, 3.05) is 13.1 Å². The number of hydrogen-bond donors (Lipinski definition) is 4. The van der Waals surface area contributed by atoms with Crippen molar-refractivity contribution >= 4 is 23.6 Å². The number of nitrogens with one attached hydrogen (secondary N) is 2. The third-order valence-electron chi connectivity index (χ3n) is 6.17. The van der Waals surface area contributed by atoms with Gasteiger partial charge < -0.3 is 21.1 Å². The first kappa shape index (κ1) is 27.1. The van der Waals surface area contributed by atoms with E-state index < -0.39 is 48.3 Å². The van der Waals surface area contributed by atoms with Crippen LogP contribution in [-0.4, -0.2) is 58.4 Å². The molecule has 34 heavy (non-hydrogen) atoms. The van der Waals surface area contributed by atoms with E-state index in [1.807, 2.05) is 0 Å². The van der Waals surface area contributed by atoms with Crippen LogP contribution in [0.25, 0.3) is 0 Å². The number of benzene rings is 1. The van der Waals surface area contributed by atoms with Gasteiger partial charge in [-0.05, 0) is 51.2 Å². The number of carboxylic acids is 1. The molecule has 0 aliphatic carbocycles. The van der Waals surface area contributed by atoms with Crippen LogP contribution in [0.2, 0.25) is 0 Å². The topological polar surface area (TPSA) is 137 Å². The molecule has 188 valence electrons. The van der Waals surface area contributed by atoms with Crippen LogP contribution in [0.15, 0.2) is 24.3 Å². The highest BCUT2D eigenvalue weighted by Gasteiger charge is 2.42. The van der Waals surface area contributed by atoms with Gasteiger partial charge in [-0.3, -0.25) is 19.8 Å². The molecule has 1 fully saturated rings. The number of nitrogens with zero attached hydrogens (tertiary/aromatic N) is 1. The Bertz CT molecular complexity index is 908. The van der Waals surface area contributed by atoms with E-state index in [4.69, 9.17) is 16.2 Å². The summed E-state index contributed by atoms with van der Waals surface area (Å²) in [6.07, 6.45) is -5.23. The van der Waals surface area contributed by atoms with Crippen molar-refractivity contribution in [2.24, 2.45) is 17.6 Å². The third-order valence-corrected chi connectivity index (χ3v) is 6.17. The standard InChI is InChI=1S/C23H31F3N4O4/c1-22(2,29-20(33)16-5-3-15(4-6-16)19(27)28)17(7-10-23(24,25)26)21(34)30-11-8-14(9-12-30)13-18(31)32/h3-6,14,17H,7-13H2,1-2H3,(H3,27,28)(H,29,33)(H,31,32). The van der Waals surface area contributed by atoms with Crippen molar-refractivity contribution in [3.8, 4) is 0 Å². The monoisotopic (exact) mass is 484 g/mol. The summed E-state index contributed by atoms with van der Waals surface area (Å²) in [4.78, 5) is 38.5. The summed E-state index contributed by atoms with van der Waals surface area (Å²) in [5, 5.41) is 19.1. The highest BCUT2D eigenvalue weighted by Crippen LogP contribution is 2.32. The summed E-state index contributed by atoms with van der Waals surface area (Å²) >= 11 is 0. The van der Waals surface area contributed by atoms with E-state index in [1.165, 1.54) is 43.0 Å². The molecule has 1 atom stereocenters. The Morgan fingerprint density at radius 3 is 2.15 bits per heavy atom. The van der Waals surface area contributed by atoms with E-state index in [0.717, 1.165) is 0 Å². The summed E-state index contributed by atoms with van der Waals surface area (Å²) in [5.74, 6) is -3.36. The molecule has 1 saturated heterocycles. The van der Waals surface area contributed by atoms with Crippen molar-refractivity contribution in [3.05, 3.63) is 35.4 Å². The fourth-order valence-electron chi connectivity index (χ4n) is 4.18. The second-order valence-corrected chi connectivity index (χ2v) is 9.24. The fraction of sp³-hybridized carbons (Fsp3) is 0.565. The lowest BCUT2D eigenvalue weighted by molar-refractivity contribution is -0.148. The molecule has 0 bridgehead atoms. The van der Waals surface area contributed by atoms with Crippen LogP contribution >= 0.6 is 0 Å². The number of nitrogens with two attached hydrogens (primary N) is 1. The average Bonchev–Trinajstić information content (AvgIpc) is 2.72. The smallest absolute Gasteiger partial charge is 0.389 e. The number of halogens is 3. The molecule has 1 aliphatic heterocycles. The number of likely N-dealkylation sites (tertiary alicyclic amines) is 1. The summed E-state index contributed by atoms with van der Waals surface area (Å²) in [6.45, 7) is 3.56. The van der Waals surface area contributed by atoms with E-state index in [2.05, 4.69) is 5.32 Å². The summed E-state index contributed by atoms with van der Waals surface area (Å²) in [5.41, 5.74) is 4.74. The number of carbonyl (C=O) groups is 3. The molecule has 1 aromatic rings. The molecule has 5 N–H and O–H groups in total. The molecular weight excluding hydrogens is 453 g/mol. The zero-order valence-corrected chi connectivity index (χ0v) is 19.2. The van der Waals surface area contributed by atoms with Gasteiger partial charge in [-0.25, -0.2) is 0 Å². The fourth-order valence-corrected chi connectivity index (χ4v) is 4.18. The quantitative estimate of drug-likeness (QED) is 0.315. The first-order valence-corrected chi connectivity index (χ1v) is 11.0. The van der Waals surface area contributed by atoms with Gasteiger partial charge in [0.05, 0.1) is 5.92 Å². The van der Waals surface area contributed by atoms with E-state index in [-0.39, 0.29) is 36.8 Å². The first-order chi connectivity index (χ1) is 15.7. The molecule has 0 saturated carbocycles. The number of piperidine rings is 1. The van der Waals surface area contributed by atoms with Gasteiger partial charge in [0, 0.05) is 42.6 Å². The minimum atomic E-state index is -4.46. The molecule has 11 heteroatoms. The van der Waals surface area contributed by atoms with Crippen LogP contribution in [0.3, 0.4) is 0 Å². The van der Waals surface area contributed by atoms with Gasteiger partial charge >= 0.3 is 12.1 Å². The zero-order valence-electron chi connectivity index (χ0n) is 19.2. The molecule has 0 spiro atoms. The molecule has 1 aliphatic rings. The maximum atomic E-state index is 13.3. The number of amidine groups is 1. The van der Waals surface area contributed by atoms with E-state index in [9.17, 15) is 27.6 Å². The molecule has 2 amide bonds.